The molecule has 14 heavy (non-hydrogen) atoms. The maximum Gasteiger partial charge on any atom is 0.424 e. The Kier molecular flexibility index (Phi) is 4.34. The minimum atomic E-state index is -3.97. The molecule has 0 aliphatic carbocycles. The van der Waals surface area contributed by atoms with Crippen molar-refractivity contribution in [2.45, 2.75) is 33.2 Å². The summed E-state index contributed by atoms with van der Waals surface area (Å²) >= 11 is 0. The molecule has 0 atom stereocenters. The number of hydrogen-bond acceptors (Lipinski definition) is 4. The zero-order valence-electron chi connectivity index (χ0n) is 8.75. The van der Waals surface area contributed by atoms with Gasteiger partial charge < -0.3 is 9.50 Å². The van der Waals surface area contributed by atoms with Crippen LogP contribution in [0, 0.1) is 0 Å². The third-order valence-corrected chi connectivity index (χ3v) is 2.00. The van der Waals surface area contributed by atoms with E-state index in [1.807, 2.05) is 4.72 Å². The molecule has 6 nitrogen and oxygen atoms in total. The number of amides is 1. The molecule has 0 aromatic carbocycles. The SMILES string of the molecule is CCNS(=O)(=O)OC(=O)NC(C)(C)C. The van der Waals surface area contributed by atoms with E-state index >= 15 is 0 Å². The summed E-state index contributed by atoms with van der Waals surface area (Å²) in [5.74, 6) is 0. The lowest BCUT2D eigenvalue weighted by molar-refractivity contribution is 0.192. The Morgan fingerprint density at radius 2 is 1.86 bits per heavy atom. The zero-order chi connectivity index (χ0) is 11.4. The van der Waals surface area contributed by atoms with Crippen LogP contribution in [0.1, 0.15) is 27.7 Å². The van der Waals surface area contributed by atoms with E-state index in [0.29, 0.717) is 0 Å². The second-order valence-electron chi connectivity index (χ2n) is 3.70. The monoisotopic (exact) mass is 224 g/mol. The molecule has 0 saturated carbocycles. The number of nitrogens with one attached hydrogen (secondary N) is 2. The average Bonchev–Trinajstić information content (AvgIpc) is 1.78. The van der Waals surface area contributed by atoms with Gasteiger partial charge in [-0.1, -0.05) is 6.92 Å². The highest BCUT2D eigenvalue weighted by Gasteiger charge is 2.20. The van der Waals surface area contributed by atoms with Crippen LogP contribution < -0.4 is 10.0 Å². The Morgan fingerprint density at radius 3 is 2.21 bits per heavy atom. The van der Waals surface area contributed by atoms with Gasteiger partial charge in [0.15, 0.2) is 0 Å². The van der Waals surface area contributed by atoms with Gasteiger partial charge in [0.05, 0.1) is 0 Å². The first kappa shape index (κ1) is 13.2. The molecule has 0 fully saturated rings. The van der Waals surface area contributed by atoms with Gasteiger partial charge in [0.1, 0.15) is 0 Å². The Morgan fingerprint density at radius 1 is 1.36 bits per heavy atom. The Hall–Kier alpha value is -0.820. The van der Waals surface area contributed by atoms with E-state index in [1.165, 1.54) is 0 Å². The van der Waals surface area contributed by atoms with Gasteiger partial charge >= 0.3 is 16.4 Å². The zero-order valence-corrected chi connectivity index (χ0v) is 9.56. The summed E-state index contributed by atoms with van der Waals surface area (Å²) in [6.45, 7) is 6.91. The maximum absolute atomic E-state index is 11.0. The molecular formula is C7H16N2O4S. The van der Waals surface area contributed by atoms with Gasteiger partial charge in [0, 0.05) is 12.1 Å². The van der Waals surface area contributed by atoms with Gasteiger partial charge in [0.2, 0.25) is 0 Å². The van der Waals surface area contributed by atoms with E-state index in [9.17, 15) is 13.2 Å². The molecule has 0 aromatic rings. The van der Waals surface area contributed by atoms with E-state index in [1.54, 1.807) is 27.7 Å². The van der Waals surface area contributed by atoms with Crippen LogP contribution in [0.15, 0.2) is 0 Å². The molecule has 0 aromatic heterocycles. The fraction of sp³-hybridized carbons (Fsp3) is 0.857. The first-order valence-electron chi connectivity index (χ1n) is 4.17. The first-order chi connectivity index (χ1) is 6.16. The average molecular weight is 224 g/mol. The van der Waals surface area contributed by atoms with E-state index < -0.39 is 21.9 Å². The van der Waals surface area contributed by atoms with Crippen LogP contribution in [0.2, 0.25) is 0 Å². The molecule has 84 valence electrons. The molecule has 0 radical (unpaired) electrons. The standard InChI is InChI=1S/C7H16N2O4S/c1-5-8-14(11,12)13-6(10)9-7(2,3)4/h8H,5H2,1-4H3,(H,9,10). The highest BCUT2D eigenvalue weighted by atomic mass is 32.2. The summed E-state index contributed by atoms with van der Waals surface area (Å²) in [5.41, 5.74) is -0.529. The van der Waals surface area contributed by atoms with Crippen molar-refractivity contribution in [1.29, 1.82) is 0 Å². The van der Waals surface area contributed by atoms with Crippen LogP contribution in [0.3, 0.4) is 0 Å². The van der Waals surface area contributed by atoms with Crippen molar-refractivity contribution in [2.24, 2.45) is 0 Å². The fourth-order valence-electron chi connectivity index (χ4n) is 0.633. The van der Waals surface area contributed by atoms with Crippen molar-refractivity contribution in [3.63, 3.8) is 0 Å². The summed E-state index contributed by atoms with van der Waals surface area (Å²) < 4.78 is 28.1. The van der Waals surface area contributed by atoms with Crippen LogP contribution in [0.25, 0.3) is 0 Å². The first-order valence-corrected chi connectivity index (χ1v) is 5.58. The molecule has 0 aliphatic heterocycles. The summed E-state index contributed by atoms with van der Waals surface area (Å²) in [6.07, 6.45) is -0.988. The Labute approximate surface area is 84.3 Å². The van der Waals surface area contributed by atoms with Gasteiger partial charge in [-0.05, 0) is 20.8 Å². The molecule has 0 aliphatic rings. The Bertz CT molecular complexity index is 291. The third kappa shape index (κ3) is 6.67. The summed E-state index contributed by atoms with van der Waals surface area (Å²) in [5, 5.41) is 2.35. The molecular weight excluding hydrogens is 208 g/mol. The van der Waals surface area contributed by atoms with E-state index in [-0.39, 0.29) is 6.54 Å². The molecule has 7 heteroatoms. The van der Waals surface area contributed by atoms with Gasteiger partial charge in [-0.2, -0.15) is 13.1 Å². The minimum Gasteiger partial charge on any atom is -0.316 e. The van der Waals surface area contributed by atoms with Crippen LogP contribution in [-0.2, 0) is 14.5 Å². The van der Waals surface area contributed by atoms with E-state index in [2.05, 4.69) is 9.50 Å². The van der Waals surface area contributed by atoms with Crippen LogP contribution >= 0.6 is 0 Å². The molecule has 0 rings (SSSR count). The van der Waals surface area contributed by atoms with E-state index in [4.69, 9.17) is 0 Å². The molecule has 2 N–H and O–H groups in total. The second kappa shape index (κ2) is 4.61. The van der Waals surface area contributed by atoms with Crippen LogP contribution in [0.4, 0.5) is 4.79 Å². The quantitative estimate of drug-likeness (QED) is 0.725. The van der Waals surface area contributed by atoms with Gasteiger partial charge in [-0.25, -0.2) is 4.79 Å². The van der Waals surface area contributed by atoms with Crippen molar-refractivity contribution in [3.05, 3.63) is 0 Å². The summed E-state index contributed by atoms with van der Waals surface area (Å²) in [4.78, 5) is 11.0. The Balaban J connectivity index is 4.21. The number of rotatable bonds is 3. The van der Waals surface area contributed by atoms with Crippen molar-refractivity contribution in [2.75, 3.05) is 6.54 Å². The molecule has 0 saturated heterocycles. The smallest absolute Gasteiger partial charge is 0.316 e. The van der Waals surface area contributed by atoms with Gasteiger partial charge in [-0.15, -0.1) is 0 Å². The number of hydrogen-bond donors (Lipinski definition) is 2. The lowest BCUT2D eigenvalue weighted by Crippen LogP contribution is -2.43. The molecule has 1 amide bonds. The maximum atomic E-state index is 11.0. The van der Waals surface area contributed by atoms with Crippen molar-refractivity contribution >= 4 is 16.4 Å². The minimum absolute atomic E-state index is 0.172. The lowest BCUT2D eigenvalue weighted by Gasteiger charge is -2.19. The second-order valence-corrected chi connectivity index (χ2v) is 5.06. The topological polar surface area (TPSA) is 84.5 Å². The lowest BCUT2D eigenvalue weighted by atomic mass is 10.1. The predicted octanol–water partition coefficient (Wildman–Crippen LogP) is 0.365. The third-order valence-electron chi connectivity index (χ3n) is 0.984. The number of carbonyl (C=O) groups is 1. The molecule has 0 heterocycles. The number of carbonyl (C=O) groups excluding carboxylic acids is 1. The summed E-state index contributed by atoms with van der Waals surface area (Å²) in [7, 11) is -3.97. The fourth-order valence-corrected chi connectivity index (χ4v) is 1.29. The van der Waals surface area contributed by atoms with Crippen molar-refractivity contribution < 1.29 is 17.4 Å². The highest BCUT2D eigenvalue weighted by Crippen LogP contribution is 2.00. The molecule has 0 unspecified atom stereocenters. The summed E-state index contributed by atoms with van der Waals surface area (Å²) in [6, 6.07) is 0. The van der Waals surface area contributed by atoms with E-state index in [0.717, 1.165) is 0 Å². The normalized spacial score (nSPS) is 12.3. The van der Waals surface area contributed by atoms with Gasteiger partial charge in [-0.3, -0.25) is 0 Å². The molecule has 0 spiro atoms. The van der Waals surface area contributed by atoms with Crippen molar-refractivity contribution in [1.82, 2.24) is 10.0 Å². The largest absolute Gasteiger partial charge is 0.424 e. The highest BCUT2D eigenvalue weighted by molar-refractivity contribution is 7.85. The van der Waals surface area contributed by atoms with Gasteiger partial charge in [0.25, 0.3) is 0 Å². The van der Waals surface area contributed by atoms with Crippen LogP contribution in [-0.4, -0.2) is 26.6 Å². The van der Waals surface area contributed by atoms with Crippen LogP contribution in [0.5, 0.6) is 0 Å². The predicted molar refractivity (Wildman–Crippen MR) is 52.0 cm³/mol. The van der Waals surface area contributed by atoms with Crippen molar-refractivity contribution in [3.8, 4) is 0 Å². The molecule has 0 bridgehead atoms.